The number of carbonyl (C=O) groups excluding carboxylic acids is 2. The Kier molecular flexibility index (Phi) is 3.90. The summed E-state index contributed by atoms with van der Waals surface area (Å²) in [7, 11) is 1.71. The number of aliphatic hydroxyl groups is 1. The van der Waals surface area contributed by atoms with Gasteiger partial charge in [0, 0.05) is 26.6 Å². The van der Waals surface area contributed by atoms with E-state index in [1.165, 1.54) is 0 Å². The Morgan fingerprint density at radius 3 is 2.67 bits per heavy atom. The number of hydrogen-bond acceptors (Lipinski definition) is 3. The summed E-state index contributed by atoms with van der Waals surface area (Å²) in [4.78, 5) is 24.9. The zero-order chi connectivity index (χ0) is 13.2. The van der Waals surface area contributed by atoms with Crippen LogP contribution in [0.4, 0.5) is 0 Å². The van der Waals surface area contributed by atoms with Gasteiger partial charge in [-0.2, -0.15) is 0 Å². The van der Waals surface area contributed by atoms with Gasteiger partial charge in [0.05, 0.1) is 11.5 Å². The van der Waals surface area contributed by atoms with E-state index in [0.29, 0.717) is 19.5 Å². The van der Waals surface area contributed by atoms with Crippen LogP contribution in [0.25, 0.3) is 0 Å². The number of nitrogens with zero attached hydrogens (tertiary/aromatic N) is 1. The number of rotatable bonds is 3. The van der Waals surface area contributed by atoms with Gasteiger partial charge in [-0.1, -0.05) is 19.3 Å². The van der Waals surface area contributed by atoms with Gasteiger partial charge in [0.1, 0.15) is 0 Å². The summed E-state index contributed by atoms with van der Waals surface area (Å²) in [5.41, 5.74) is -0.734. The minimum atomic E-state index is -0.734. The number of amides is 2. The normalized spacial score (nSPS) is 27.3. The number of nitrogens with one attached hydrogen (secondary N) is 1. The zero-order valence-electron chi connectivity index (χ0n) is 10.9. The monoisotopic (exact) mass is 254 g/mol. The van der Waals surface area contributed by atoms with Crippen molar-refractivity contribution in [3.8, 4) is 0 Å². The largest absolute Gasteiger partial charge is 0.388 e. The molecule has 2 aliphatic rings. The van der Waals surface area contributed by atoms with Gasteiger partial charge < -0.3 is 15.3 Å². The van der Waals surface area contributed by atoms with Crippen LogP contribution in [0.5, 0.6) is 0 Å². The second kappa shape index (κ2) is 5.26. The van der Waals surface area contributed by atoms with Crippen LogP contribution in [0, 0.1) is 5.92 Å². The first kappa shape index (κ1) is 13.3. The van der Waals surface area contributed by atoms with E-state index in [1.54, 1.807) is 11.9 Å². The summed E-state index contributed by atoms with van der Waals surface area (Å²) < 4.78 is 0. The Balaban J connectivity index is 1.79. The fourth-order valence-electron chi connectivity index (χ4n) is 2.82. The van der Waals surface area contributed by atoms with Crippen molar-refractivity contribution in [3.05, 3.63) is 0 Å². The maximum Gasteiger partial charge on any atom is 0.225 e. The Morgan fingerprint density at radius 1 is 1.44 bits per heavy atom. The molecule has 1 heterocycles. The van der Waals surface area contributed by atoms with E-state index in [9.17, 15) is 14.7 Å². The first-order valence-electron chi connectivity index (χ1n) is 6.74. The molecule has 1 saturated heterocycles. The Labute approximate surface area is 108 Å². The van der Waals surface area contributed by atoms with Crippen LogP contribution < -0.4 is 5.32 Å². The fourth-order valence-corrected chi connectivity index (χ4v) is 2.82. The Bertz CT molecular complexity index is 337. The molecule has 0 spiro atoms. The summed E-state index contributed by atoms with van der Waals surface area (Å²) in [6.07, 6.45) is 5.03. The van der Waals surface area contributed by atoms with Crippen molar-refractivity contribution in [1.82, 2.24) is 10.2 Å². The minimum absolute atomic E-state index is 0.0199. The van der Waals surface area contributed by atoms with E-state index in [1.807, 2.05) is 0 Å². The number of hydrogen-bond donors (Lipinski definition) is 2. The highest BCUT2D eigenvalue weighted by molar-refractivity contribution is 5.89. The van der Waals surface area contributed by atoms with E-state index >= 15 is 0 Å². The van der Waals surface area contributed by atoms with E-state index in [0.717, 1.165) is 32.1 Å². The molecule has 2 amide bonds. The third kappa shape index (κ3) is 3.02. The second-order valence-corrected chi connectivity index (χ2v) is 5.68. The third-order valence-corrected chi connectivity index (χ3v) is 4.09. The molecular formula is C13H22N2O3. The van der Waals surface area contributed by atoms with Crippen LogP contribution >= 0.6 is 0 Å². The minimum Gasteiger partial charge on any atom is -0.388 e. The van der Waals surface area contributed by atoms with Crippen LogP contribution in [0.15, 0.2) is 0 Å². The van der Waals surface area contributed by atoms with Gasteiger partial charge >= 0.3 is 0 Å². The lowest BCUT2D eigenvalue weighted by Crippen LogP contribution is -2.46. The van der Waals surface area contributed by atoms with Crippen molar-refractivity contribution < 1.29 is 14.7 Å². The van der Waals surface area contributed by atoms with Gasteiger partial charge in [-0.3, -0.25) is 9.59 Å². The van der Waals surface area contributed by atoms with Crippen LogP contribution in [0.1, 0.15) is 38.5 Å². The molecular weight excluding hydrogens is 232 g/mol. The zero-order valence-corrected chi connectivity index (χ0v) is 10.9. The standard InChI is InChI=1S/C13H22N2O3/c1-15-8-10(7-11(15)16)12(17)14-9-13(18)5-3-2-4-6-13/h10,18H,2-9H2,1H3,(H,14,17). The average molecular weight is 254 g/mol. The molecule has 5 nitrogen and oxygen atoms in total. The van der Waals surface area contributed by atoms with Crippen LogP contribution in [-0.2, 0) is 9.59 Å². The topological polar surface area (TPSA) is 69.6 Å². The maximum atomic E-state index is 11.9. The van der Waals surface area contributed by atoms with Crippen molar-refractivity contribution in [2.24, 2.45) is 5.92 Å². The molecule has 1 aliphatic carbocycles. The highest BCUT2D eigenvalue weighted by Crippen LogP contribution is 2.27. The van der Waals surface area contributed by atoms with Crippen LogP contribution in [0.3, 0.4) is 0 Å². The Morgan fingerprint density at radius 2 is 2.11 bits per heavy atom. The first-order valence-corrected chi connectivity index (χ1v) is 6.74. The van der Waals surface area contributed by atoms with E-state index in [-0.39, 0.29) is 17.7 Å². The molecule has 1 unspecified atom stereocenters. The molecule has 0 aromatic carbocycles. The van der Waals surface area contributed by atoms with Crippen molar-refractivity contribution in [1.29, 1.82) is 0 Å². The van der Waals surface area contributed by atoms with E-state index in [2.05, 4.69) is 5.32 Å². The SMILES string of the molecule is CN1CC(C(=O)NCC2(O)CCCCC2)CC1=O. The number of carbonyl (C=O) groups is 2. The molecule has 0 bridgehead atoms. The van der Waals surface area contributed by atoms with Crippen molar-refractivity contribution in [2.45, 2.75) is 44.1 Å². The lowest BCUT2D eigenvalue weighted by atomic mass is 9.85. The maximum absolute atomic E-state index is 11.9. The molecule has 0 aromatic heterocycles. The molecule has 1 atom stereocenters. The molecule has 18 heavy (non-hydrogen) atoms. The lowest BCUT2D eigenvalue weighted by molar-refractivity contribution is -0.128. The van der Waals surface area contributed by atoms with Crippen molar-refractivity contribution >= 4 is 11.8 Å². The molecule has 0 radical (unpaired) electrons. The summed E-state index contributed by atoms with van der Waals surface area (Å²) in [5.74, 6) is -0.340. The van der Waals surface area contributed by atoms with Gasteiger partial charge in [0.15, 0.2) is 0 Å². The van der Waals surface area contributed by atoms with Gasteiger partial charge in [-0.25, -0.2) is 0 Å². The predicted molar refractivity (Wildman–Crippen MR) is 66.8 cm³/mol. The summed E-state index contributed by atoms with van der Waals surface area (Å²) in [6, 6.07) is 0. The quantitative estimate of drug-likeness (QED) is 0.760. The third-order valence-electron chi connectivity index (χ3n) is 4.09. The van der Waals surface area contributed by atoms with Gasteiger partial charge in [-0.05, 0) is 12.8 Å². The highest BCUT2D eigenvalue weighted by atomic mass is 16.3. The molecule has 2 N–H and O–H groups in total. The molecule has 2 rings (SSSR count). The summed E-state index contributed by atoms with van der Waals surface area (Å²) in [5, 5.41) is 13.1. The smallest absolute Gasteiger partial charge is 0.225 e. The van der Waals surface area contributed by atoms with Gasteiger partial charge in [0.2, 0.25) is 11.8 Å². The van der Waals surface area contributed by atoms with Crippen LogP contribution in [0.2, 0.25) is 0 Å². The fraction of sp³-hybridized carbons (Fsp3) is 0.846. The van der Waals surface area contributed by atoms with Crippen molar-refractivity contribution in [3.63, 3.8) is 0 Å². The molecule has 102 valence electrons. The lowest BCUT2D eigenvalue weighted by Gasteiger charge is -2.32. The van der Waals surface area contributed by atoms with Crippen molar-refractivity contribution in [2.75, 3.05) is 20.1 Å². The molecule has 2 fully saturated rings. The molecule has 1 aliphatic heterocycles. The highest BCUT2D eigenvalue weighted by Gasteiger charge is 2.34. The summed E-state index contributed by atoms with van der Waals surface area (Å²) >= 11 is 0. The summed E-state index contributed by atoms with van der Waals surface area (Å²) in [6.45, 7) is 0.809. The molecule has 0 aromatic rings. The predicted octanol–water partition coefficient (Wildman–Crippen LogP) is 0.276. The van der Waals surface area contributed by atoms with Gasteiger partial charge in [-0.15, -0.1) is 0 Å². The second-order valence-electron chi connectivity index (χ2n) is 5.68. The van der Waals surface area contributed by atoms with Crippen LogP contribution in [-0.4, -0.2) is 47.6 Å². The first-order chi connectivity index (χ1) is 8.50. The average Bonchev–Trinajstić information content (AvgIpc) is 2.68. The number of likely N-dealkylation sites (tertiary alicyclic amines) is 1. The molecule has 5 heteroatoms. The Hall–Kier alpha value is -1.10. The molecule has 1 saturated carbocycles. The van der Waals surface area contributed by atoms with Gasteiger partial charge in [0.25, 0.3) is 0 Å². The van der Waals surface area contributed by atoms with E-state index in [4.69, 9.17) is 0 Å². The van der Waals surface area contributed by atoms with E-state index < -0.39 is 5.60 Å².